The lowest BCUT2D eigenvalue weighted by molar-refractivity contribution is 0.701. The van der Waals surface area contributed by atoms with Gasteiger partial charge in [0.2, 0.25) is 0 Å². The summed E-state index contributed by atoms with van der Waals surface area (Å²) in [7, 11) is 0. The molecule has 0 bridgehead atoms. The normalized spacial score (nSPS) is 10.9. The molecule has 1 N–H and O–H groups in total. The van der Waals surface area contributed by atoms with E-state index in [-0.39, 0.29) is 0 Å². The van der Waals surface area contributed by atoms with Crippen LogP contribution in [0.5, 0.6) is 0 Å². The first-order valence-corrected chi connectivity index (χ1v) is 6.48. The molecule has 0 atom stereocenters. The van der Waals surface area contributed by atoms with Gasteiger partial charge in [-0.3, -0.25) is 0 Å². The lowest BCUT2D eigenvalue weighted by Crippen LogP contribution is -2.11. The molecule has 18 heavy (non-hydrogen) atoms. The predicted molar refractivity (Wildman–Crippen MR) is 76.0 cm³/mol. The number of aromatic nitrogens is 2. The molecule has 3 nitrogen and oxygen atoms in total. The molecule has 0 saturated carbocycles. The monoisotopic (exact) mass is 243 g/mol. The van der Waals surface area contributed by atoms with Crippen molar-refractivity contribution >= 4 is 5.69 Å². The molecule has 0 amide bonds. The van der Waals surface area contributed by atoms with E-state index < -0.39 is 0 Å². The Kier molecular flexibility index (Phi) is 4.03. The van der Waals surface area contributed by atoms with Crippen LogP contribution in [0.25, 0.3) is 0 Å². The van der Waals surface area contributed by atoms with E-state index in [4.69, 9.17) is 0 Å². The molecule has 1 aromatic carbocycles. The van der Waals surface area contributed by atoms with Gasteiger partial charge in [-0.2, -0.15) is 0 Å². The molecule has 0 aliphatic rings. The lowest BCUT2D eigenvalue weighted by atomic mass is 10.0. The van der Waals surface area contributed by atoms with Crippen LogP contribution in [-0.2, 0) is 6.54 Å². The molecule has 2 rings (SSSR count). The summed E-state index contributed by atoms with van der Waals surface area (Å²) in [5.74, 6) is 1.63. The van der Waals surface area contributed by atoms with Crippen molar-refractivity contribution in [3.05, 3.63) is 48.0 Å². The summed E-state index contributed by atoms with van der Waals surface area (Å²) in [4.78, 5) is 4.21. The minimum absolute atomic E-state index is 0.572. The van der Waals surface area contributed by atoms with E-state index in [2.05, 4.69) is 53.0 Å². The highest BCUT2D eigenvalue weighted by atomic mass is 15.1. The van der Waals surface area contributed by atoms with E-state index in [1.807, 2.05) is 19.3 Å². The van der Waals surface area contributed by atoms with E-state index >= 15 is 0 Å². The van der Waals surface area contributed by atoms with Crippen LogP contribution < -0.4 is 5.32 Å². The summed E-state index contributed by atoms with van der Waals surface area (Å²) < 4.78 is 2.15. The molecule has 0 spiro atoms. The van der Waals surface area contributed by atoms with Gasteiger partial charge >= 0.3 is 0 Å². The van der Waals surface area contributed by atoms with Crippen LogP contribution in [0.1, 0.15) is 31.2 Å². The molecule has 0 saturated heterocycles. The second-order valence-corrected chi connectivity index (χ2v) is 4.87. The Morgan fingerprint density at radius 1 is 1.33 bits per heavy atom. The molecule has 1 heterocycles. The average Bonchev–Trinajstić information content (AvgIpc) is 2.76. The van der Waals surface area contributed by atoms with Crippen molar-refractivity contribution in [2.45, 2.75) is 33.2 Å². The predicted octanol–water partition coefficient (Wildman–Crippen LogP) is 3.43. The van der Waals surface area contributed by atoms with Crippen molar-refractivity contribution in [3.8, 4) is 0 Å². The van der Waals surface area contributed by atoms with Crippen LogP contribution in [-0.4, -0.2) is 16.1 Å². The van der Waals surface area contributed by atoms with Gasteiger partial charge in [0.05, 0.1) is 0 Å². The first-order chi connectivity index (χ1) is 8.66. The SMILES string of the molecule is Cc1nccn1CCNc1cccc(C(C)C)c1. The minimum Gasteiger partial charge on any atom is -0.383 e. The third-order valence-corrected chi connectivity index (χ3v) is 3.16. The van der Waals surface area contributed by atoms with Gasteiger partial charge in [-0.25, -0.2) is 4.98 Å². The fraction of sp³-hybridized carbons (Fsp3) is 0.400. The summed E-state index contributed by atoms with van der Waals surface area (Å²) in [5.41, 5.74) is 2.57. The Morgan fingerprint density at radius 3 is 2.83 bits per heavy atom. The summed E-state index contributed by atoms with van der Waals surface area (Å²) in [6.45, 7) is 8.32. The molecule has 2 aromatic rings. The van der Waals surface area contributed by atoms with Crippen LogP contribution in [0.3, 0.4) is 0 Å². The van der Waals surface area contributed by atoms with Crippen LogP contribution in [0.15, 0.2) is 36.7 Å². The molecule has 1 aromatic heterocycles. The van der Waals surface area contributed by atoms with Gasteiger partial charge in [-0.05, 0) is 30.5 Å². The summed E-state index contributed by atoms with van der Waals surface area (Å²) in [5, 5.41) is 3.46. The number of hydrogen-bond acceptors (Lipinski definition) is 2. The first-order valence-electron chi connectivity index (χ1n) is 6.48. The number of nitrogens with zero attached hydrogens (tertiary/aromatic N) is 2. The zero-order valence-corrected chi connectivity index (χ0v) is 11.4. The quantitative estimate of drug-likeness (QED) is 0.872. The maximum absolute atomic E-state index is 4.21. The zero-order valence-electron chi connectivity index (χ0n) is 11.4. The van der Waals surface area contributed by atoms with E-state index in [9.17, 15) is 0 Å². The van der Waals surface area contributed by atoms with E-state index in [0.717, 1.165) is 18.9 Å². The molecule has 0 aliphatic heterocycles. The standard InChI is InChI=1S/C15H21N3/c1-12(2)14-5-4-6-15(11-14)17-8-10-18-9-7-16-13(18)3/h4-7,9,11-12,17H,8,10H2,1-3H3. The van der Waals surface area contributed by atoms with E-state index in [0.29, 0.717) is 5.92 Å². The summed E-state index contributed by atoms with van der Waals surface area (Å²) in [6.07, 6.45) is 3.86. The molecule has 0 unspecified atom stereocenters. The number of nitrogens with one attached hydrogen (secondary N) is 1. The highest BCUT2D eigenvalue weighted by Crippen LogP contribution is 2.18. The third-order valence-electron chi connectivity index (χ3n) is 3.16. The van der Waals surface area contributed by atoms with Gasteiger partial charge in [0, 0.05) is 31.2 Å². The van der Waals surface area contributed by atoms with Crippen LogP contribution in [0.2, 0.25) is 0 Å². The molecular formula is C15H21N3. The fourth-order valence-corrected chi connectivity index (χ4v) is 1.97. The summed E-state index contributed by atoms with van der Waals surface area (Å²) in [6, 6.07) is 8.63. The molecule has 0 aliphatic carbocycles. The van der Waals surface area contributed by atoms with Crippen LogP contribution in [0.4, 0.5) is 5.69 Å². The fourth-order valence-electron chi connectivity index (χ4n) is 1.97. The highest BCUT2D eigenvalue weighted by Gasteiger charge is 2.00. The van der Waals surface area contributed by atoms with E-state index in [1.54, 1.807) is 0 Å². The van der Waals surface area contributed by atoms with Crippen molar-refractivity contribution in [2.75, 3.05) is 11.9 Å². The Bertz CT molecular complexity index is 500. The second-order valence-electron chi connectivity index (χ2n) is 4.87. The molecule has 3 heteroatoms. The minimum atomic E-state index is 0.572. The lowest BCUT2D eigenvalue weighted by Gasteiger charge is -2.11. The first kappa shape index (κ1) is 12.7. The van der Waals surface area contributed by atoms with Crippen LogP contribution >= 0.6 is 0 Å². The Morgan fingerprint density at radius 2 is 2.17 bits per heavy atom. The summed E-state index contributed by atoms with van der Waals surface area (Å²) >= 11 is 0. The van der Waals surface area contributed by atoms with Gasteiger partial charge < -0.3 is 9.88 Å². The number of imidazole rings is 1. The number of rotatable bonds is 5. The zero-order chi connectivity index (χ0) is 13.0. The number of hydrogen-bond donors (Lipinski definition) is 1. The van der Waals surface area contributed by atoms with Crippen molar-refractivity contribution in [1.29, 1.82) is 0 Å². The molecule has 96 valence electrons. The Hall–Kier alpha value is -1.77. The smallest absolute Gasteiger partial charge is 0.105 e. The van der Waals surface area contributed by atoms with Crippen molar-refractivity contribution in [2.24, 2.45) is 0 Å². The molecular weight excluding hydrogens is 222 g/mol. The van der Waals surface area contributed by atoms with Crippen molar-refractivity contribution < 1.29 is 0 Å². The highest BCUT2D eigenvalue weighted by molar-refractivity contribution is 5.46. The van der Waals surface area contributed by atoms with Gasteiger partial charge in [0.25, 0.3) is 0 Å². The number of aryl methyl sites for hydroxylation is 1. The topological polar surface area (TPSA) is 29.9 Å². The van der Waals surface area contributed by atoms with Crippen molar-refractivity contribution in [1.82, 2.24) is 9.55 Å². The Balaban J connectivity index is 1.90. The number of anilines is 1. The van der Waals surface area contributed by atoms with E-state index in [1.165, 1.54) is 11.3 Å². The van der Waals surface area contributed by atoms with Gasteiger partial charge in [0.15, 0.2) is 0 Å². The van der Waals surface area contributed by atoms with Gasteiger partial charge in [-0.1, -0.05) is 26.0 Å². The third kappa shape index (κ3) is 3.13. The Labute approximate surface area is 109 Å². The maximum Gasteiger partial charge on any atom is 0.105 e. The average molecular weight is 243 g/mol. The largest absolute Gasteiger partial charge is 0.383 e. The van der Waals surface area contributed by atoms with Crippen molar-refractivity contribution in [3.63, 3.8) is 0 Å². The van der Waals surface area contributed by atoms with Gasteiger partial charge in [-0.15, -0.1) is 0 Å². The maximum atomic E-state index is 4.21. The molecule has 0 fully saturated rings. The van der Waals surface area contributed by atoms with Gasteiger partial charge in [0.1, 0.15) is 5.82 Å². The van der Waals surface area contributed by atoms with Crippen LogP contribution in [0, 0.1) is 6.92 Å². The molecule has 0 radical (unpaired) electrons. The second kappa shape index (κ2) is 5.71. The number of benzene rings is 1.